The van der Waals surface area contributed by atoms with Gasteiger partial charge in [-0.25, -0.2) is 4.98 Å². The van der Waals surface area contributed by atoms with Crippen molar-refractivity contribution in [1.29, 1.82) is 0 Å². The van der Waals surface area contributed by atoms with E-state index in [1.54, 1.807) is 14.0 Å². The van der Waals surface area contributed by atoms with Crippen molar-refractivity contribution in [2.24, 2.45) is 0 Å². The maximum atomic E-state index is 11.7. The number of anilines is 1. The van der Waals surface area contributed by atoms with Gasteiger partial charge in [-0.05, 0) is 67.0 Å². The Hall–Kier alpha value is -3.35. The molecular formula is C26H31N5O2. The Morgan fingerprint density at radius 3 is 2.82 bits per heavy atom. The van der Waals surface area contributed by atoms with Crippen molar-refractivity contribution in [2.45, 2.75) is 51.5 Å². The Morgan fingerprint density at radius 1 is 1.24 bits per heavy atom. The minimum absolute atomic E-state index is 0.131. The number of aryl methyl sites for hydroxylation is 2. The van der Waals surface area contributed by atoms with E-state index in [0.717, 1.165) is 66.3 Å². The Labute approximate surface area is 194 Å². The second kappa shape index (κ2) is 9.25. The number of hydrogen-bond acceptors (Lipinski definition) is 5. The third-order valence-corrected chi connectivity index (χ3v) is 6.99. The van der Waals surface area contributed by atoms with Crippen LogP contribution in [-0.2, 0) is 24.2 Å². The molecule has 1 amide bonds. The van der Waals surface area contributed by atoms with Crippen LogP contribution in [-0.4, -0.2) is 46.2 Å². The second-order valence-corrected chi connectivity index (χ2v) is 9.07. The lowest BCUT2D eigenvalue weighted by molar-refractivity contribution is -0.127. The number of pyridine rings is 1. The SMILES string of the molecule is COc1cc2c(cc1CNc1cc(-c3cn[nH]c3C3CCN(C(C)=O)C3)ccn1)CCCC2. The minimum atomic E-state index is 0.131. The number of nitrogens with one attached hydrogen (secondary N) is 2. The topological polar surface area (TPSA) is 83.1 Å². The predicted molar refractivity (Wildman–Crippen MR) is 128 cm³/mol. The highest BCUT2D eigenvalue weighted by atomic mass is 16.5. The minimum Gasteiger partial charge on any atom is -0.496 e. The van der Waals surface area contributed by atoms with E-state index in [0.29, 0.717) is 6.54 Å². The normalized spacial score (nSPS) is 17.6. The molecule has 0 bridgehead atoms. The van der Waals surface area contributed by atoms with Crippen molar-refractivity contribution < 1.29 is 9.53 Å². The van der Waals surface area contributed by atoms with Gasteiger partial charge < -0.3 is 15.0 Å². The van der Waals surface area contributed by atoms with Gasteiger partial charge in [0.15, 0.2) is 0 Å². The van der Waals surface area contributed by atoms with Gasteiger partial charge >= 0.3 is 0 Å². The molecule has 0 radical (unpaired) electrons. The van der Waals surface area contributed by atoms with Crippen molar-refractivity contribution in [3.05, 3.63) is 59.0 Å². The maximum Gasteiger partial charge on any atom is 0.219 e. The van der Waals surface area contributed by atoms with E-state index in [9.17, 15) is 4.79 Å². The van der Waals surface area contributed by atoms with Gasteiger partial charge in [0.1, 0.15) is 11.6 Å². The van der Waals surface area contributed by atoms with Crippen LogP contribution in [0, 0.1) is 0 Å². The van der Waals surface area contributed by atoms with Crippen molar-refractivity contribution in [3.8, 4) is 16.9 Å². The monoisotopic (exact) mass is 445 g/mol. The quantitative estimate of drug-likeness (QED) is 0.591. The second-order valence-electron chi connectivity index (χ2n) is 9.07. The summed E-state index contributed by atoms with van der Waals surface area (Å²) in [5, 5.41) is 11.0. The number of aromatic amines is 1. The van der Waals surface area contributed by atoms with E-state index >= 15 is 0 Å². The first-order chi connectivity index (χ1) is 16.1. The van der Waals surface area contributed by atoms with E-state index in [1.807, 2.05) is 23.4 Å². The lowest BCUT2D eigenvalue weighted by Gasteiger charge is -2.19. The highest BCUT2D eigenvalue weighted by molar-refractivity contribution is 5.74. The number of rotatable bonds is 6. The van der Waals surface area contributed by atoms with Crippen molar-refractivity contribution in [3.63, 3.8) is 0 Å². The molecule has 7 nitrogen and oxygen atoms in total. The molecule has 2 N–H and O–H groups in total. The Bertz CT molecular complexity index is 1160. The lowest BCUT2D eigenvalue weighted by Crippen LogP contribution is -2.25. The first kappa shape index (κ1) is 21.5. The van der Waals surface area contributed by atoms with Crippen LogP contribution in [0.2, 0.25) is 0 Å². The molecular weight excluding hydrogens is 414 g/mol. The van der Waals surface area contributed by atoms with Gasteiger partial charge in [-0.2, -0.15) is 5.10 Å². The molecule has 1 unspecified atom stereocenters. The van der Waals surface area contributed by atoms with Crippen LogP contribution >= 0.6 is 0 Å². The summed E-state index contributed by atoms with van der Waals surface area (Å²) in [6.07, 6.45) is 9.45. The number of H-pyrrole nitrogens is 1. The molecule has 0 spiro atoms. The molecule has 0 saturated carbocycles. The molecule has 33 heavy (non-hydrogen) atoms. The molecule has 5 rings (SSSR count). The van der Waals surface area contributed by atoms with E-state index in [-0.39, 0.29) is 11.8 Å². The maximum absolute atomic E-state index is 11.7. The fraction of sp³-hybridized carbons (Fsp3) is 0.423. The average molecular weight is 446 g/mol. The van der Waals surface area contributed by atoms with Crippen LogP contribution in [0.3, 0.4) is 0 Å². The predicted octanol–water partition coefficient (Wildman–Crippen LogP) is 4.31. The standard InChI is InChI=1S/C26H31N5O2/c1-17(32)31-10-8-21(16-31)26-23(15-29-30-26)20-7-9-27-25(13-20)28-14-22-11-18-5-3-4-6-19(18)12-24(22)33-2/h7,9,11-13,15,21H,3-6,8,10,14,16H2,1-2H3,(H,27,28)(H,29,30). The lowest BCUT2D eigenvalue weighted by atomic mass is 9.90. The molecule has 1 aliphatic carbocycles. The van der Waals surface area contributed by atoms with Gasteiger partial charge in [0.05, 0.1) is 13.3 Å². The molecule has 1 aliphatic heterocycles. The molecule has 7 heteroatoms. The van der Waals surface area contributed by atoms with Crippen LogP contribution in [0.15, 0.2) is 36.7 Å². The number of fused-ring (bicyclic) bond motifs is 1. The van der Waals surface area contributed by atoms with E-state index in [4.69, 9.17) is 4.74 Å². The highest BCUT2D eigenvalue weighted by Crippen LogP contribution is 2.34. The number of amides is 1. The Kier molecular flexibility index (Phi) is 6.03. The van der Waals surface area contributed by atoms with Crippen molar-refractivity contribution >= 4 is 11.7 Å². The van der Waals surface area contributed by atoms with Crippen LogP contribution in [0.5, 0.6) is 5.75 Å². The summed E-state index contributed by atoms with van der Waals surface area (Å²) in [6, 6.07) is 8.58. The van der Waals surface area contributed by atoms with Gasteiger partial charge in [-0.1, -0.05) is 6.07 Å². The molecule has 1 fully saturated rings. The first-order valence-corrected chi connectivity index (χ1v) is 11.8. The number of hydrogen-bond donors (Lipinski definition) is 2. The van der Waals surface area contributed by atoms with Crippen LogP contribution < -0.4 is 10.1 Å². The van der Waals surface area contributed by atoms with Gasteiger partial charge in [0, 0.05) is 55.5 Å². The number of carbonyl (C=O) groups excluding carboxylic acids is 1. The fourth-order valence-corrected chi connectivity index (χ4v) is 5.14. The zero-order valence-corrected chi connectivity index (χ0v) is 19.4. The number of aromatic nitrogens is 3. The smallest absolute Gasteiger partial charge is 0.219 e. The number of likely N-dealkylation sites (tertiary alicyclic amines) is 1. The number of nitrogens with zero attached hydrogens (tertiary/aromatic N) is 3. The third kappa shape index (κ3) is 4.45. The van der Waals surface area contributed by atoms with Gasteiger partial charge in [0.2, 0.25) is 5.91 Å². The highest BCUT2D eigenvalue weighted by Gasteiger charge is 2.28. The summed E-state index contributed by atoms with van der Waals surface area (Å²) in [6.45, 7) is 3.82. The summed E-state index contributed by atoms with van der Waals surface area (Å²) in [7, 11) is 1.74. The molecule has 1 atom stereocenters. The summed E-state index contributed by atoms with van der Waals surface area (Å²) in [4.78, 5) is 18.2. The molecule has 3 aromatic rings. The van der Waals surface area contributed by atoms with Gasteiger partial charge in [-0.15, -0.1) is 0 Å². The molecule has 1 saturated heterocycles. The average Bonchev–Trinajstić information content (AvgIpc) is 3.52. The van der Waals surface area contributed by atoms with Crippen LogP contribution in [0.25, 0.3) is 11.1 Å². The van der Waals surface area contributed by atoms with Gasteiger partial charge in [0.25, 0.3) is 0 Å². The van der Waals surface area contributed by atoms with Crippen molar-refractivity contribution in [1.82, 2.24) is 20.1 Å². The molecule has 172 valence electrons. The zero-order chi connectivity index (χ0) is 22.8. The molecule has 2 aliphatic rings. The van der Waals surface area contributed by atoms with E-state index in [1.165, 1.54) is 24.0 Å². The molecule has 1 aromatic carbocycles. The van der Waals surface area contributed by atoms with Crippen LogP contribution in [0.1, 0.15) is 54.5 Å². The fourth-order valence-electron chi connectivity index (χ4n) is 5.14. The summed E-state index contributed by atoms with van der Waals surface area (Å²) in [5.41, 5.74) is 7.25. The summed E-state index contributed by atoms with van der Waals surface area (Å²) >= 11 is 0. The molecule has 2 aromatic heterocycles. The number of methoxy groups -OCH3 is 1. The van der Waals surface area contributed by atoms with Gasteiger partial charge in [-0.3, -0.25) is 9.89 Å². The summed E-state index contributed by atoms with van der Waals surface area (Å²) < 4.78 is 5.68. The van der Waals surface area contributed by atoms with E-state index in [2.05, 4.69) is 38.7 Å². The number of ether oxygens (including phenoxy) is 1. The van der Waals surface area contributed by atoms with Crippen molar-refractivity contribution in [2.75, 3.05) is 25.5 Å². The number of benzene rings is 1. The van der Waals surface area contributed by atoms with E-state index < -0.39 is 0 Å². The zero-order valence-electron chi connectivity index (χ0n) is 19.4. The third-order valence-electron chi connectivity index (χ3n) is 6.99. The van der Waals surface area contributed by atoms with Crippen LogP contribution in [0.4, 0.5) is 5.82 Å². The first-order valence-electron chi connectivity index (χ1n) is 11.8. The summed E-state index contributed by atoms with van der Waals surface area (Å²) in [5.74, 6) is 2.16. The largest absolute Gasteiger partial charge is 0.496 e. The Morgan fingerprint density at radius 2 is 2.06 bits per heavy atom. The Balaban J connectivity index is 1.33. The number of carbonyl (C=O) groups is 1. The molecule has 3 heterocycles.